The molecular formula is C6H13N. The Morgan fingerprint density at radius 3 is 1.86 bits per heavy atom. The summed E-state index contributed by atoms with van der Waals surface area (Å²) in [6, 6.07) is 0. The van der Waals surface area contributed by atoms with Gasteiger partial charge in [0.1, 0.15) is 0 Å². The Morgan fingerprint density at radius 1 is 1.43 bits per heavy atom. The predicted octanol–water partition coefficient (Wildman–Crippen LogP) is 1.30. The quantitative estimate of drug-likeness (QED) is 0.493. The summed E-state index contributed by atoms with van der Waals surface area (Å²) < 4.78 is 0. The molecule has 0 aromatic heterocycles. The van der Waals surface area contributed by atoms with Gasteiger partial charge in [0.15, 0.2) is 0 Å². The van der Waals surface area contributed by atoms with Crippen molar-refractivity contribution in [2.75, 3.05) is 0 Å². The zero-order valence-corrected chi connectivity index (χ0v) is 5.23. The van der Waals surface area contributed by atoms with Gasteiger partial charge in [0, 0.05) is 5.54 Å². The van der Waals surface area contributed by atoms with Crippen LogP contribution in [0.4, 0.5) is 0 Å². The Balaban J connectivity index is 3.56. The van der Waals surface area contributed by atoms with Crippen molar-refractivity contribution in [3.8, 4) is 0 Å². The molecule has 2 N–H and O–H groups in total. The molecule has 0 amide bonds. The van der Waals surface area contributed by atoms with Crippen LogP contribution in [0.2, 0.25) is 0 Å². The third-order valence-electron chi connectivity index (χ3n) is 0.596. The Morgan fingerprint density at radius 2 is 1.86 bits per heavy atom. The third kappa shape index (κ3) is 5.70. The molecule has 0 rings (SSSR count). The van der Waals surface area contributed by atoms with Gasteiger partial charge in [-0.15, -0.1) is 0 Å². The van der Waals surface area contributed by atoms with Crippen molar-refractivity contribution in [1.82, 2.24) is 0 Å². The van der Waals surface area contributed by atoms with E-state index in [-0.39, 0.29) is 5.54 Å². The molecule has 0 bridgehead atoms. The van der Waals surface area contributed by atoms with Gasteiger partial charge in [-0.05, 0) is 20.8 Å². The molecule has 0 fully saturated rings. The summed E-state index contributed by atoms with van der Waals surface area (Å²) >= 11 is 0. The fourth-order valence-corrected chi connectivity index (χ4v) is 0.430. The Hall–Kier alpha value is -0.300. The van der Waals surface area contributed by atoms with Crippen LogP contribution in [-0.2, 0) is 0 Å². The fourth-order valence-electron chi connectivity index (χ4n) is 0.430. The van der Waals surface area contributed by atoms with Gasteiger partial charge in [-0.1, -0.05) is 12.2 Å². The highest BCUT2D eigenvalue weighted by Gasteiger charge is 2.01. The molecule has 0 aliphatic rings. The summed E-state index contributed by atoms with van der Waals surface area (Å²) in [5.41, 5.74) is 5.43. The van der Waals surface area contributed by atoms with Crippen LogP contribution in [0.1, 0.15) is 20.8 Å². The summed E-state index contributed by atoms with van der Waals surface area (Å²) in [7, 11) is 0. The van der Waals surface area contributed by atoms with E-state index in [1.807, 2.05) is 32.9 Å². The standard InChI is InChI=1S/C6H13N/c1-4-5-6(2,3)7/h4-5H,7H2,1-3H3/b5-4-. The van der Waals surface area contributed by atoms with E-state index in [1.165, 1.54) is 0 Å². The van der Waals surface area contributed by atoms with Gasteiger partial charge in [0.2, 0.25) is 0 Å². The van der Waals surface area contributed by atoms with Crippen LogP contribution in [0.25, 0.3) is 0 Å². The van der Waals surface area contributed by atoms with Gasteiger partial charge >= 0.3 is 0 Å². The highest BCUT2D eigenvalue weighted by molar-refractivity contribution is 4.96. The van der Waals surface area contributed by atoms with Gasteiger partial charge in [0.05, 0.1) is 0 Å². The maximum atomic E-state index is 5.56. The van der Waals surface area contributed by atoms with Gasteiger partial charge in [-0.25, -0.2) is 0 Å². The van der Waals surface area contributed by atoms with Crippen molar-refractivity contribution in [1.29, 1.82) is 0 Å². The monoisotopic (exact) mass is 99.1 g/mol. The number of hydrogen-bond acceptors (Lipinski definition) is 1. The van der Waals surface area contributed by atoms with Crippen LogP contribution < -0.4 is 5.73 Å². The van der Waals surface area contributed by atoms with E-state index in [2.05, 4.69) is 0 Å². The van der Waals surface area contributed by atoms with E-state index >= 15 is 0 Å². The van der Waals surface area contributed by atoms with Crippen molar-refractivity contribution in [2.24, 2.45) is 5.73 Å². The maximum Gasteiger partial charge on any atom is 0.0281 e. The third-order valence-corrected chi connectivity index (χ3v) is 0.596. The molecular weight excluding hydrogens is 86.1 g/mol. The van der Waals surface area contributed by atoms with Gasteiger partial charge in [-0.2, -0.15) is 0 Å². The fraction of sp³-hybridized carbons (Fsp3) is 0.667. The Bertz CT molecular complexity index is 66.7. The molecule has 0 aromatic rings. The zero-order chi connectivity index (χ0) is 5.91. The molecule has 0 aromatic carbocycles. The molecule has 0 radical (unpaired) electrons. The Kier molecular flexibility index (Phi) is 2.03. The highest BCUT2D eigenvalue weighted by atomic mass is 14.7. The number of rotatable bonds is 1. The summed E-state index contributed by atoms with van der Waals surface area (Å²) in [5, 5.41) is 0. The van der Waals surface area contributed by atoms with Crippen LogP contribution >= 0.6 is 0 Å². The lowest BCUT2D eigenvalue weighted by molar-refractivity contribution is 0.653. The van der Waals surface area contributed by atoms with E-state index in [9.17, 15) is 0 Å². The van der Waals surface area contributed by atoms with Crippen molar-refractivity contribution >= 4 is 0 Å². The number of hydrogen-bond donors (Lipinski definition) is 1. The molecule has 7 heavy (non-hydrogen) atoms. The van der Waals surface area contributed by atoms with Crippen molar-refractivity contribution in [3.63, 3.8) is 0 Å². The first-order chi connectivity index (χ1) is 3.06. The molecule has 42 valence electrons. The van der Waals surface area contributed by atoms with Crippen LogP contribution in [0, 0.1) is 0 Å². The largest absolute Gasteiger partial charge is 0.322 e. The smallest absolute Gasteiger partial charge is 0.0281 e. The average Bonchev–Trinajstić information content (AvgIpc) is 1.30. The molecule has 0 unspecified atom stereocenters. The summed E-state index contributed by atoms with van der Waals surface area (Å²) in [4.78, 5) is 0. The molecule has 0 aliphatic carbocycles. The minimum absolute atomic E-state index is 0.130. The predicted molar refractivity (Wildman–Crippen MR) is 33.1 cm³/mol. The van der Waals surface area contributed by atoms with Crippen LogP contribution in [0.15, 0.2) is 12.2 Å². The van der Waals surface area contributed by atoms with E-state index in [0.29, 0.717) is 0 Å². The van der Waals surface area contributed by atoms with Crippen LogP contribution in [-0.4, -0.2) is 5.54 Å². The highest BCUT2D eigenvalue weighted by Crippen LogP contribution is 1.96. The van der Waals surface area contributed by atoms with E-state index in [4.69, 9.17) is 5.73 Å². The molecule has 0 atom stereocenters. The molecule has 1 nitrogen and oxygen atoms in total. The summed E-state index contributed by atoms with van der Waals surface area (Å²) in [6.45, 7) is 5.90. The van der Waals surface area contributed by atoms with Gasteiger partial charge in [-0.3, -0.25) is 0 Å². The lowest BCUT2D eigenvalue weighted by Gasteiger charge is -2.10. The molecule has 1 heteroatoms. The zero-order valence-electron chi connectivity index (χ0n) is 5.23. The van der Waals surface area contributed by atoms with Crippen molar-refractivity contribution in [3.05, 3.63) is 12.2 Å². The molecule has 0 spiro atoms. The van der Waals surface area contributed by atoms with Crippen molar-refractivity contribution < 1.29 is 0 Å². The van der Waals surface area contributed by atoms with Crippen molar-refractivity contribution in [2.45, 2.75) is 26.3 Å². The summed E-state index contributed by atoms with van der Waals surface area (Å²) in [6.07, 6.45) is 3.92. The first kappa shape index (κ1) is 6.70. The average molecular weight is 99.2 g/mol. The number of nitrogens with two attached hydrogens (primary N) is 1. The first-order valence-electron chi connectivity index (χ1n) is 2.49. The molecule has 0 saturated carbocycles. The van der Waals surface area contributed by atoms with Crippen LogP contribution in [0.5, 0.6) is 0 Å². The van der Waals surface area contributed by atoms with E-state index in [0.717, 1.165) is 0 Å². The second-order valence-electron chi connectivity index (χ2n) is 2.32. The second kappa shape index (κ2) is 2.12. The molecule has 0 saturated heterocycles. The normalized spacial score (nSPS) is 13.1. The van der Waals surface area contributed by atoms with Gasteiger partial charge in [0.25, 0.3) is 0 Å². The van der Waals surface area contributed by atoms with Gasteiger partial charge < -0.3 is 5.73 Å². The first-order valence-corrected chi connectivity index (χ1v) is 2.49. The maximum absolute atomic E-state index is 5.56. The van der Waals surface area contributed by atoms with E-state index in [1.54, 1.807) is 0 Å². The number of allylic oxidation sites excluding steroid dienone is 1. The minimum Gasteiger partial charge on any atom is -0.322 e. The topological polar surface area (TPSA) is 26.0 Å². The lowest BCUT2D eigenvalue weighted by atomic mass is 10.1. The van der Waals surface area contributed by atoms with E-state index < -0.39 is 0 Å². The lowest BCUT2D eigenvalue weighted by Crippen LogP contribution is -2.28. The molecule has 0 aliphatic heterocycles. The SMILES string of the molecule is C/C=C\C(C)(C)N. The minimum atomic E-state index is -0.130. The molecule has 0 heterocycles. The second-order valence-corrected chi connectivity index (χ2v) is 2.32. The van der Waals surface area contributed by atoms with Crippen LogP contribution in [0.3, 0.4) is 0 Å². The summed E-state index contributed by atoms with van der Waals surface area (Å²) in [5.74, 6) is 0. The Labute approximate surface area is 45.2 Å².